The van der Waals surface area contributed by atoms with E-state index >= 15 is 0 Å². The van der Waals surface area contributed by atoms with E-state index in [2.05, 4.69) is 0 Å². The van der Waals surface area contributed by atoms with Crippen molar-refractivity contribution in [3.63, 3.8) is 0 Å². The van der Waals surface area contributed by atoms with E-state index in [9.17, 15) is 4.79 Å². The molecule has 0 aliphatic carbocycles. The first-order valence-corrected chi connectivity index (χ1v) is 5.58. The van der Waals surface area contributed by atoms with E-state index < -0.39 is 0 Å². The second-order valence-corrected chi connectivity index (χ2v) is 4.09. The van der Waals surface area contributed by atoms with Crippen LogP contribution >= 0.6 is 11.6 Å². The molecule has 1 unspecified atom stereocenters. The van der Waals surface area contributed by atoms with Gasteiger partial charge in [0.15, 0.2) is 17.8 Å². The molecule has 0 saturated carbocycles. The quantitative estimate of drug-likeness (QED) is 0.822. The maximum atomic E-state index is 11.0. The van der Waals surface area contributed by atoms with Crippen LogP contribution < -0.4 is 15.2 Å². The van der Waals surface area contributed by atoms with Gasteiger partial charge in [0.25, 0.3) is 0 Å². The molecule has 5 heteroatoms. The van der Waals surface area contributed by atoms with E-state index in [1.165, 1.54) is 14.2 Å². The number of rotatable bonds is 5. The summed E-state index contributed by atoms with van der Waals surface area (Å²) in [6.45, 7) is 2.41. The van der Waals surface area contributed by atoms with Gasteiger partial charge in [0.05, 0.1) is 24.8 Å². The molecule has 0 spiro atoms. The smallest absolute Gasteiger partial charge is 0.173 e. The second-order valence-electron chi connectivity index (χ2n) is 3.68. The Kier molecular flexibility index (Phi) is 4.78. The highest BCUT2D eigenvalue weighted by atomic mass is 35.5. The molecule has 1 rings (SSSR count). The maximum absolute atomic E-state index is 11.0. The third-order valence-electron chi connectivity index (χ3n) is 2.66. The average molecular weight is 258 g/mol. The Hall–Kier alpha value is -1.26. The van der Waals surface area contributed by atoms with Gasteiger partial charge in [0, 0.05) is 5.56 Å². The number of aldehydes is 1. The third-order valence-corrected chi connectivity index (χ3v) is 2.98. The highest BCUT2D eigenvalue weighted by Gasteiger charge is 2.21. The van der Waals surface area contributed by atoms with Gasteiger partial charge in [-0.05, 0) is 18.5 Å². The van der Waals surface area contributed by atoms with Gasteiger partial charge in [0.2, 0.25) is 0 Å². The summed E-state index contributed by atoms with van der Waals surface area (Å²) >= 11 is 6.04. The van der Waals surface area contributed by atoms with Crippen LogP contribution in [0.25, 0.3) is 0 Å². The fraction of sp³-hybridized carbons (Fsp3) is 0.417. The first kappa shape index (κ1) is 13.8. The minimum absolute atomic E-state index is 0.0667. The van der Waals surface area contributed by atoms with Gasteiger partial charge >= 0.3 is 0 Å². The number of methoxy groups -OCH3 is 2. The van der Waals surface area contributed by atoms with Crippen LogP contribution in [0.2, 0.25) is 5.02 Å². The number of hydrogen-bond acceptors (Lipinski definition) is 4. The van der Waals surface area contributed by atoms with Gasteiger partial charge in [0.1, 0.15) is 0 Å². The zero-order chi connectivity index (χ0) is 13.0. The van der Waals surface area contributed by atoms with Crippen molar-refractivity contribution in [1.82, 2.24) is 0 Å². The number of halogens is 1. The molecule has 0 amide bonds. The van der Waals surface area contributed by atoms with Crippen LogP contribution in [0.15, 0.2) is 6.07 Å². The lowest BCUT2D eigenvalue weighted by molar-refractivity contribution is 0.112. The Balaban J connectivity index is 3.52. The molecule has 0 fully saturated rings. The number of nitrogens with two attached hydrogens (primary N) is 1. The van der Waals surface area contributed by atoms with Gasteiger partial charge in [-0.25, -0.2) is 0 Å². The van der Waals surface area contributed by atoms with E-state index in [1.54, 1.807) is 6.07 Å². The minimum atomic E-state index is 0.0667. The molecule has 0 aliphatic rings. The lowest BCUT2D eigenvalue weighted by atomic mass is 9.98. The van der Waals surface area contributed by atoms with Crippen LogP contribution in [0.4, 0.5) is 0 Å². The van der Waals surface area contributed by atoms with Crippen LogP contribution in [0.1, 0.15) is 28.8 Å². The molecule has 2 N–H and O–H groups in total. The molecule has 17 heavy (non-hydrogen) atoms. The first-order valence-electron chi connectivity index (χ1n) is 5.20. The molecule has 1 aromatic rings. The van der Waals surface area contributed by atoms with E-state index in [0.717, 1.165) is 5.56 Å². The average Bonchev–Trinajstić information content (AvgIpc) is 2.36. The monoisotopic (exact) mass is 257 g/mol. The molecular weight excluding hydrogens is 242 g/mol. The summed E-state index contributed by atoms with van der Waals surface area (Å²) in [7, 11) is 2.99. The molecule has 1 aromatic carbocycles. The Morgan fingerprint density at radius 1 is 1.41 bits per heavy atom. The van der Waals surface area contributed by atoms with Crippen LogP contribution in [-0.2, 0) is 0 Å². The van der Waals surface area contributed by atoms with Crippen molar-refractivity contribution >= 4 is 17.9 Å². The van der Waals surface area contributed by atoms with Crippen LogP contribution in [0.5, 0.6) is 11.5 Å². The van der Waals surface area contributed by atoms with Crippen molar-refractivity contribution in [1.29, 1.82) is 0 Å². The summed E-state index contributed by atoms with van der Waals surface area (Å²) in [5.41, 5.74) is 6.76. The standard InChI is InChI=1S/C12H16ClNO3/c1-7(5-14)8-4-10(13)9(6-15)12(17-3)11(8)16-2/h4,6-7H,5,14H2,1-3H3. The van der Waals surface area contributed by atoms with Gasteiger partial charge < -0.3 is 15.2 Å². The molecular formula is C12H16ClNO3. The van der Waals surface area contributed by atoms with Gasteiger partial charge in [-0.2, -0.15) is 0 Å². The summed E-state index contributed by atoms with van der Waals surface area (Å²) in [4.78, 5) is 11.0. The largest absolute Gasteiger partial charge is 0.493 e. The Labute approximate surface area is 106 Å². The molecule has 1 atom stereocenters. The van der Waals surface area contributed by atoms with Crippen molar-refractivity contribution in [2.45, 2.75) is 12.8 Å². The SMILES string of the molecule is COc1c(C(C)CN)cc(Cl)c(C=O)c1OC. The van der Waals surface area contributed by atoms with Crippen molar-refractivity contribution in [3.05, 3.63) is 22.2 Å². The number of benzene rings is 1. The van der Waals surface area contributed by atoms with E-state index in [1.807, 2.05) is 6.92 Å². The number of carbonyl (C=O) groups excluding carboxylic acids is 1. The summed E-state index contributed by atoms with van der Waals surface area (Å²) in [6.07, 6.45) is 0.653. The predicted octanol–water partition coefficient (Wildman–Crippen LogP) is 2.23. The highest BCUT2D eigenvalue weighted by molar-refractivity contribution is 6.33. The molecule has 0 aliphatic heterocycles. The molecule has 0 radical (unpaired) electrons. The number of carbonyl (C=O) groups is 1. The van der Waals surface area contributed by atoms with Crippen molar-refractivity contribution in [2.24, 2.45) is 5.73 Å². The van der Waals surface area contributed by atoms with Gasteiger partial charge in [-0.15, -0.1) is 0 Å². The Bertz CT molecular complexity index is 421. The molecule has 0 aromatic heterocycles. The van der Waals surface area contributed by atoms with Crippen molar-refractivity contribution in [3.8, 4) is 11.5 Å². The predicted molar refractivity (Wildman–Crippen MR) is 67.4 cm³/mol. The zero-order valence-electron chi connectivity index (χ0n) is 10.1. The molecule has 94 valence electrons. The zero-order valence-corrected chi connectivity index (χ0v) is 10.9. The van der Waals surface area contributed by atoms with Crippen LogP contribution in [-0.4, -0.2) is 27.1 Å². The summed E-state index contributed by atoms with van der Waals surface area (Å²) < 4.78 is 10.5. The van der Waals surface area contributed by atoms with Gasteiger partial charge in [-0.3, -0.25) is 4.79 Å². The van der Waals surface area contributed by atoms with Crippen LogP contribution in [0.3, 0.4) is 0 Å². The summed E-state index contributed by atoms with van der Waals surface area (Å²) in [5.74, 6) is 0.930. The second kappa shape index (κ2) is 5.89. The summed E-state index contributed by atoms with van der Waals surface area (Å²) in [6, 6.07) is 1.70. The fourth-order valence-electron chi connectivity index (χ4n) is 1.66. The summed E-state index contributed by atoms with van der Waals surface area (Å²) in [5, 5.41) is 0.341. The van der Waals surface area contributed by atoms with Gasteiger partial charge in [-0.1, -0.05) is 18.5 Å². The van der Waals surface area contributed by atoms with Crippen molar-refractivity contribution in [2.75, 3.05) is 20.8 Å². The molecule has 4 nitrogen and oxygen atoms in total. The number of hydrogen-bond donors (Lipinski definition) is 1. The highest BCUT2D eigenvalue weighted by Crippen LogP contribution is 2.41. The fourth-order valence-corrected chi connectivity index (χ4v) is 1.91. The maximum Gasteiger partial charge on any atom is 0.173 e. The van der Waals surface area contributed by atoms with E-state index in [4.69, 9.17) is 26.8 Å². The lowest BCUT2D eigenvalue weighted by Gasteiger charge is -2.18. The topological polar surface area (TPSA) is 61.5 Å². The molecule has 0 saturated heterocycles. The molecule has 0 bridgehead atoms. The van der Waals surface area contributed by atoms with Crippen molar-refractivity contribution < 1.29 is 14.3 Å². The number of ether oxygens (including phenoxy) is 2. The van der Waals surface area contributed by atoms with E-state index in [-0.39, 0.29) is 5.92 Å². The normalized spacial score (nSPS) is 12.1. The lowest BCUT2D eigenvalue weighted by Crippen LogP contribution is -2.11. The van der Waals surface area contributed by atoms with Crippen LogP contribution in [0, 0.1) is 0 Å². The Morgan fingerprint density at radius 2 is 2.00 bits per heavy atom. The third kappa shape index (κ3) is 2.53. The van der Waals surface area contributed by atoms with E-state index in [0.29, 0.717) is 34.9 Å². The minimum Gasteiger partial charge on any atom is -0.493 e. The Morgan fingerprint density at radius 3 is 2.41 bits per heavy atom. The molecule has 0 heterocycles. The first-order chi connectivity index (χ1) is 8.10.